The zero-order valence-electron chi connectivity index (χ0n) is 17.1. The summed E-state index contributed by atoms with van der Waals surface area (Å²) in [6.45, 7) is 8.59. The van der Waals surface area contributed by atoms with E-state index in [1.807, 2.05) is 6.08 Å². The zero-order chi connectivity index (χ0) is 19.5. The van der Waals surface area contributed by atoms with Crippen LogP contribution in [0.3, 0.4) is 0 Å². The van der Waals surface area contributed by atoms with E-state index >= 15 is 0 Å². The largest absolute Gasteiger partial charge is 0.348 e. The van der Waals surface area contributed by atoms with Gasteiger partial charge in [-0.15, -0.1) is 0 Å². The lowest BCUT2D eigenvalue weighted by Crippen LogP contribution is -3.08. The molecule has 2 N–H and O–H groups in total. The smallest absolute Gasteiger partial charge is 0.244 e. The summed E-state index contributed by atoms with van der Waals surface area (Å²) < 4.78 is 2.41. The molecule has 4 nitrogen and oxygen atoms in total. The molecule has 1 aromatic carbocycles. The highest BCUT2D eigenvalue weighted by Crippen LogP contribution is 2.38. The van der Waals surface area contributed by atoms with Crippen LogP contribution in [0.1, 0.15) is 59.8 Å². The fraction of sp³-hybridized carbons (Fsp3) is 0.458. The third-order valence-electron chi connectivity index (χ3n) is 6.10. The number of likely N-dealkylation sites (tertiary alicyclic amines) is 1. The number of nitrogens with zero attached hydrogens (tertiary/aromatic N) is 1. The molecule has 1 saturated heterocycles. The minimum atomic E-state index is -0.0400. The highest BCUT2D eigenvalue weighted by Gasteiger charge is 2.26. The van der Waals surface area contributed by atoms with Crippen LogP contribution < -0.4 is 10.2 Å². The van der Waals surface area contributed by atoms with E-state index in [9.17, 15) is 4.79 Å². The van der Waals surface area contributed by atoms with Crippen molar-refractivity contribution < 1.29 is 9.69 Å². The first-order valence-electron chi connectivity index (χ1n) is 10.7. The van der Waals surface area contributed by atoms with Crippen LogP contribution >= 0.6 is 0 Å². The molecule has 1 amide bonds. The lowest BCUT2D eigenvalue weighted by molar-refractivity contribution is -0.901. The van der Waals surface area contributed by atoms with Crippen LogP contribution in [0.25, 0.3) is 6.08 Å². The Morgan fingerprint density at radius 3 is 2.50 bits per heavy atom. The Labute approximate surface area is 168 Å². The van der Waals surface area contributed by atoms with Gasteiger partial charge in [-0.1, -0.05) is 24.3 Å². The molecule has 2 aromatic rings. The normalized spacial score (nSPS) is 17.5. The van der Waals surface area contributed by atoms with Gasteiger partial charge >= 0.3 is 0 Å². The van der Waals surface area contributed by atoms with Crippen LogP contribution in [-0.4, -0.2) is 23.6 Å². The lowest BCUT2D eigenvalue weighted by Gasteiger charge is -2.12. The molecule has 2 fully saturated rings. The van der Waals surface area contributed by atoms with Crippen molar-refractivity contribution in [2.75, 3.05) is 13.1 Å². The molecule has 1 aromatic heterocycles. The van der Waals surface area contributed by atoms with Crippen molar-refractivity contribution in [2.45, 2.75) is 58.7 Å². The summed E-state index contributed by atoms with van der Waals surface area (Å²) in [6.07, 6.45) is 8.87. The molecule has 0 unspecified atom stereocenters. The number of amides is 1. The summed E-state index contributed by atoms with van der Waals surface area (Å²) in [4.78, 5) is 13.9. The number of aryl methyl sites for hydroxylation is 1. The van der Waals surface area contributed by atoms with E-state index in [0.29, 0.717) is 12.6 Å². The Balaban J connectivity index is 1.28. The molecular weight excluding hydrogens is 346 g/mol. The van der Waals surface area contributed by atoms with E-state index in [4.69, 9.17) is 0 Å². The fourth-order valence-electron chi connectivity index (χ4n) is 4.39. The number of rotatable bonds is 7. The van der Waals surface area contributed by atoms with Crippen molar-refractivity contribution in [1.29, 1.82) is 0 Å². The lowest BCUT2D eigenvalue weighted by atomic mass is 10.1. The maximum absolute atomic E-state index is 12.2. The molecule has 2 aliphatic rings. The summed E-state index contributed by atoms with van der Waals surface area (Å²) >= 11 is 0. The second-order valence-corrected chi connectivity index (χ2v) is 8.43. The highest BCUT2D eigenvalue weighted by atomic mass is 16.1. The predicted octanol–water partition coefficient (Wildman–Crippen LogP) is 2.95. The second-order valence-electron chi connectivity index (χ2n) is 8.43. The van der Waals surface area contributed by atoms with Crippen LogP contribution in [0.4, 0.5) is 0 Å². The van der Waals surface area contributed by atoms with Gasteiger partial charge in [0.15, 0.2) is 0 Å². The van der Waals surface area contributed by atoms with E-state index in [-0.39, 0.29) is 5.91 Å². The van der Waals surface area contributed by atoms with Crippen LogP contribution in [0, 0.1) is 13.8 Å². The first-order chi connectivity index (χ1) is 13.6. The molecule has 148 valence electrons. The monoisotopic (exact) mass is 378 g/mol. The van der Waals surface area contributed by atoms with Gasteiger partial charge < -0.3 is 14.8 Å². The average Bonchev–Trinajstić information content (AvgIpc) is 3.30. The Bertz CT molecular complexity index is 853. The SMILES string of the molecule is Cc1cc(/C=C/C(=O)NCc2ccc(C[NH+]3CCCC3)cc2)c(C)n1C1CC1. The third-order valence-corrected chi connectivity index (χ3v) is 6.10. The molecule has 0 atom stereocenters. The molecule has 0 radical (unpaired) electrons. The molecule has 0 spiro atoms. The standard InChI is InChI=1S/C24H31N3O/c1-18-15-22(19(2)27(18)23-10-11-23)9-12-24(28)25-16-20-5-7-21(8-6-20)17-26-13-3-4-14-26/h5-9,12,15,23H,3-4,10-11,13-14,16-17H2,1-2H3,(H,25,28)/p+1/b12-9+. The summed E-state index contributed by atoms with van der Waals surface area (Å²) in [6, 6.07) is 11.5. The quantitative estimate of drug-likeness (QED) is 0.715. The fourth-order valence-corrected chi connectivity index (χ4v) is 4.39. The summed E-state index contributed by atoms with van der Waals surface area (Å²) in [5.41, 5.74) is 6.23. The van der Waals surface area contributed by atoms with Gasteiger partial charge in [0.2, 0.25) is 5.91 Å². The van der Waals surface area contributed by atoms with Crippen molar-refractivity contribution >= 4 is 12.0 Å². The topological polar surface area (TPSA) is 38.5 Å². The minimum Gasteiger partial charge on any atom is -0.348 e. The third kappa shape index (κ3) is 4.56. The molecular formula is C24H32N3O+. The van der Waals surface area contributed by atoms with E-state index in [2.05, 4.69) is 54.1 Å². The molecule has 0 bridgehead atoms. The number of carbonyl (C=O) groups is 1. The van der Waals surface area contributed by atoms with Gasteiger partial charge in [-0.2, -0.15) is 0 Å². The molecule has 1 aliphatic heterocycles. The van der Waals surface area contributed by atoms with E-state index in [0.717, 1.165) is 17.7 Å². The zero-order valence-corrected chi connectivity index (χ0v) is 17.1. The Hall–Kier alpha value is -2.33. The Morgan fingerprint density at radius 2 is 1.82 bits per heavy atom. The maximum atomic E-state index is 12.2. The van der Waals surface area contributed by atoms with Gasteiger partial charge in [0.1, 0.15) is 6.54 Å². The Kier molecular flexibility index (Phi) is 5.67. The maximum Gasteiger partial charge on any atom is 0.244 e. The van der Waals surface area contributed by atoms with Gasteiger partial charge in [0.25, 0.3) is 0 Å². The van der Waals surface area contributed by atoms with E-state index in [1.54, 1.807) is 11.0 Å². The van der Waals surface area contributed by atoms with Gasteiger partial charge in [-0.25, -0.2) is 0 Å². The van der Waals surface area contributed by atoms with E-state index in [1.165, 1.54) is 55.7 Å². The number of nitrogens with one attached hydrogen (secondary N) is 2. The first-order valence-corrected chi connectivity index (χ1v) is 10.7. The molecule has 4 rings (SSSR count). The summed E-state index contributed by atoms with van der Waals surface area (Å²) in [5, 5.41) is 3.00. The van der Waals surface area contributed by atoms with Crippen LogP contribution in [0.2, 0.25) is 0 Å². The summed E-state index contributed by atoms with van der Waals surface area (Å²) in [5.74, 6) is -0.0400. The summed E-state index contributed by atoms with van der Waals surface area (Å²) in [7, 11) is 0. The van der Waals surface area contributed by atoms with Crippen molar-refractivity contribution in [3.63, 3.8) is 0 Å². The van der Waals surface area contributed by atoms with Gasteiger partial charge in [0, 0.05) is 48.5 Å². The molecule has 1 saturated carbocycles. The van der Waals surface area contributed by atoms with Crippen LogP contribution in [0.5, 0.6) is 0 Å². The number of hydrogen-bond donors (Lipinski definition) is 2. The Morgan fingerprint density at radius 1 is 1.14 bits per heavy atom. The number of aromatic nitrogens is 1. The first kappa shape index (κ1) is 19.0. The number of carbonyl (C=O) groups excluding carboxylic acids is 1. The predicted molar refractivity (Wildman–Crippen MR) is 113 cm³/mol. The highest BCUT2D eigenvalue weighted by molar-refractivity contribution is 5.91. The number of hydrogen-bond acceptors (Lipinski definition) is 1. The number of benzene rings is 1. The number of quaternary nitrogens is 1. The average molecular weight is 379 g/mol. The molecule has 4 heteroatoms. The van der Waals surface area contributed by atoms with Crippen molar-refractivity contribution in [1.82, 2.24) is 9.88 Å². The van der Waals surface area contributed by atoms with Crippen LogP contribution in [-0.2, 0) is 17.9 Å². The van der Waals surface area contributed by atoms with Crippen LogP contribution in [0.15, 0.2) is 36.4 Å². The minimum absolute atomic E-state index is 0.0400. The van der Waals surface area contributed by atoms with Crippen molar-refractivity contribution in [3.8, 4) is 0 Å². The van der Waals surface area contributed by atoms with Crippen molar-refractivity contribution in [3.05, 3.63) is 64.5 Å². The van der Waals surface area contributed by atoms with E-state index < -0.39 is 0 Å². The molecule has 1 aliphatic carbocycles. The van der Waals surface area contributed by atoms with Crippen molar-refractivity contribution in [2.24, 2.45) is 0 Å². The second kappa shape index (κ2) is 8.36. The molecule has 28 heavy (non-hydrogen) atoms. The van der Waals surface area contributed by atoms with Gasteiger partial charge in [-0.3, -0.25) is 4.79 Å². The molecule has 2 heterocycles. The van der Waals surface area contributed by atoms with Gasteiger partial charge in [0.05, 0.1) is 13.1 Å². The van der Waals surface area contributed by atoms with Gasteiger partial charge in [-0.05, 0) is 50.0 Å².